The van der Waals surface area contributed by atoms with E-state index in [0.29, 0.717) is 5.13 Å². The SMILES string of the molecule is CCC(CC)NC(=O)Nc1nc(-c2ccc3c(c2)OCO3)cs1. The van der Waals surface area contributed by atoms with Gasteiger partial charge < -0.3 is 14.8 Å². The zero-order valence-electron chi connectivity index (χ0n) is 13.1. The molecule has 0 atom stereocenters. The Balaban J connectivity index is 1.67. The Morgan fingerprint density at radius 1 is 1.30 bits per heavy atom. The molecule has 1 aliphatic rings. The third kappa shape index (κ3) is 3.56. The van der Waals surface area contributed by atoms with Crippen molar-refractivity contribution in [3.63, 3.8) is 0 Å². The predicted octanol–water partition coefficient (Wildman–Crippen LogP) is 3.85. The molecule has 122 valence electrons. The molecule has 0 radical (unpaired) electrons. The Morgan fingerprint density at radius 3 is 2.87 bits per heavy atom. The van der Waals surface area contributed by atoms with E-state index in [-0.39, 0.29) is 18.9 Å². The van der Waals surface area contributed by atoms with Gasteiger partial charge in [-0.3, -0.25) is 5.32 Å². The zero-order valence-corrected chi connectivity index (χ0v) is 13.9. The standard InChI is InChI=1S/C16H19N3O3S/c1-3-11(4-2)17-15(20)19-16-18-12(8-23-16)10-5-6-13-14(7-10)22-9-21-13/h5-8,11H,3-4,9H2,1-2H3,(H2,17,18,19,20). The van der Waals surface area contributed by atoms with Crippen molar-refractivity contribution in [1.82, 2.24) is 10.3 Å². The van der Waals surface area contributed by atoms with Gasteiger partial charge in [0.1, 0.15) is 0 Å². The molecule has 0 fully saturated rings. The second kappa shape index (κ2) is 6.87. The molecule has 2 aromatic rings. The average molecular weight is 333 g/mol. The zero-order chi connectivity index (χ0) is 16.2. The van der Waals surface area contributed by atoms with Crippen LogP contribution in [0.4, 0.5) is 9.93 Å². The number of benzene rings is 1. The van der Waals surface area contributed by atoms with E-state index in [9.17, 15) is 4.79 Å². The number of nitrogens with zero attached hydrogens (tertiary/aromatic N) is 1. The van der Waals surface area contributed by atoms with Crippen LogP contribution >= 0.6 is 11.3 Å². The summed E-state index contributed by atoms with van der Waals surface area (Å²) < 4.78 is 10.7. The molecule has 0 bridgehead atoms. The van der Waals surface area contributed by atoms with Crippen LogP contribution in [0.3, 0.4) is 0 Å². The van der Waals surface area contributed by atoms with Crippen molar-refractivity contribution in [2.45, 2.75) is 32.7 Å². The summed E-state index contributed by atoms with van der Waals surface area (Å²) in [5.41, 5.74) is 1.73. The number of carbonyl (C=O) groups excluding carboxylic acids is 1. The molecule has 0 aliphatic carbocycles. The predicted molar refractivity (Wildman–Crippen MR) is 90.2 cm³/mol. The minimum Gasteiger partial charge on any atom is -0.454 e. The summed E-state index contributed by atoms with van der Waals surface area (Å²) in [5.74, 6) is 1.46. The van der Waals surface area contributed by atoms with E-state index in [4.69, 9.17) is 9.47 Å². The van der Waals surface area contributed by atoms with E-state index in [1.165, 1.54) is 11.3 Å². The molecule has 2 N–H and O–H groups in total. The summed E-state index contributed by atoms with van der Waals surface area (Å²) in [5, 5.41) is 8.19. The first-order valence-electron chi connectivity index (χ1n) is 7.62. The van der Waals surface area contributed by atoms with Crippen LogP contribution in [0.2, 0.25) is 0 Å². The van der Waals surface area contributed by atoms with Crippen molar-refractivity contribution < 1.29 is 14.3 Å². The van der Waals surface area contributed by atoms with Gasteiger partial charge in [-0.1, -0.05) is 13.8 Å². The van der Waals surface area contributed by atoms with Crippen LogP contribution in [0.15, 0.2) is 23.6 Å². The van der Waals surface area contributed by atoms with Crippen molar-refractivity contribution >= 4 is 22.5 Å². The number of anilines is 1. The quantitative estimate of drug-likeness (QED) is 0.872. The lowest BCUT2D eigenvalue weighted by Gasteiger charge is -2.14. The molecule has 2 amide bonds. The van der Waals surface area contributed by atoms with E-state index < -0.39 is 0 Å². The first kappa shape index (κ1) is 15.6. The summed E-state index contributed by atoms with van der Waals surface area (Å²) >= 11 is 1.39. The smallest absolute Gasteiger partial charge is 0.321 e. The molecular weight excluding hydrogens is 314 g/mol. The second-order valence-electron chi connectivity index (χ2n) is 5.22. The van der Waals surface area contributed by atoms with E-state index in [1.54, 1.807) is 0 Å². The highest BCUT2D eigenvalue weighted by atomic mass is 32.1. The molecule has 7 heteroatoms. The minimum absolute atomic E-state index is 0.184. The van der Waals surface area contributed by atoms with Crippen LogP contribution in [-0.4, -0.2) is 23.8 Å². The number of carbonyl (C=O) groups is 1. The fourth-order valence-corrected chi connectivity index (χ4v) is 3.05. The monoisotopic (exact) mass is 333 g/mol. The number of ether oxygens (including phenoxy) is 2. The Bertz CT molecular complexity index is 698. The van der Waals surface area contributed by atoms with E-state index in [2.05, 4.69) is 29.5 Å². The highest BCUT2D eigenvalue weighted by Crippen LogP contribution is 2.36. The maximum absolute atomic E-state index is 11.9. The molecule has 3 rings (SSSR count). The maximum Gasteiger partial charge on any atom is 0.321 e. The number of aromatic nitrogens is 1. The first-order chi connectivity index (χ1) is 11.2. The highest BCUT2D eigenvalue weighted by Gasteiger charge is 2.16. The number of urea groups is 1. The maximum atomic E-state index is 11.9. The molecule has 1 aromatic heterocycles. The summed E-state index contributed by atoms with van der Waals surface area (Å²) in [4.78, 5) is 16.4. The number of amides is 2. The highest BCUT2D eigenvalue weighted by molar-refractivity contribution is 7.14. The van der Waals surface area contributed by atoms with Gasteiger partial charge in [-0.25, -0.2) is 9.78 Å². The van der Waals surface area contributed by atoms with Crippen molar-refractivity contribution in [2.24, 2.45) is 0 Å². The third-order valence-electron chi connectivity index (χ3n) is 3.71. The van der Waals surface area contributed by atoms with E-state index in [1.807, 2.05) is 23.6 Å². The van der Waals surface area contributed by atoms with Crippen molar-refractivity contribution in [3.05, 3.63) is 23.6 Å². The first-order valence-corrected chi connectivity index (χ1v) is 8.50. The number of fused-ring (bicyclic) bond motifs is 1. The van der Waals surface area contributed by atoms with Gasteiger partial charge in [0.25, 0.3) is 0 Å². The Kier molecular flexibility index (Phi) is 4.66. The summed E-state index contributed by atoms with van der Waals surface area (Å²) in [6, 6.07) is 5.65. The molecule has 0 unspecified atom stereocenters. The Labute approximate surface area is 138 Å². The number of nitrogens with one attached hydrogen (secondary N) is 2. The molecule has 0 spiro atoms. The fourth-order valence-electron chi connectivity index (χ4n) is 2.33. The molecule has 6 nitrogen and oxygen atoms in total. The normalized spacial score (nSPS) is 12.5. The molecule has 1 aromatic carbocycles. The Hall–Kier alpha value is -2.28. The second-order valence-corrected chi connectivity index (χ2v) is 6.08. The van der Waals surface area contributed by atoms with Crippen molar-refractivity contribution in [2.75, 3.05) is 12.1 Å². The largest absolute Gasteiger partial charge is 0.454 e. The van der Waals surface area contributed by atoms with Crippen LogP contribution in [0.1, 0.15) is 26.7 Å². The molecule has 23 heavy (non-hydrogen) atoms. The van der Waals surface area contributed by atoms with Gasteiger partial charge in [-0.05, 0) is 31.0 Å². The Morgan fingerprint density at radius 2 is 2.09 bits per heavy atom. The fraction of sp³-hybridized carbons (Fsp3) is 0.375. The van der Waals surface area contributed by atoms with Crippen molar-refractivity contribution in [1.29, 1.82) is 0 Å². The number of thiazole rings is 1. The summed E-state index contributed by atoms with van der Waals surface area (Å²) in [6.45, 7) is 4.35. The lowest BCUT2D eigenvalue weighted by molar-refractivity contribution is 0.174. The molecule has 0 saturated heterocycles. The topological polar surface area (TPSA) is 72.5 Å². The van der Waals surface area contributed by atoms with Gasteiger partial charge in [0.05, 0.1) is 5.69 Å². The van der Waals surface area contributed by atoms with Crippen LogP contribution in [0.25, 0.3) is 11.3 Å². The van der Waals surface area contributed by atoms with Crippen LogP contribution in [0, 0.1) is 0 Å². The molecule has 0 saturated carbocycles. The lowest BCUT2D eigenvalue weighted by atomic mass is 10.1. The van der Waals surface area contributed by atoms with E-state index in [0.717, 1.165) is 35.6 Å². The molecular formula is C16H19N3O3S. The van der Waals surface area contributed by atoms with Crippen LogP contribution < -0.4 is 20.1 Å². The van der Waals surface area contributed by atoms with Gasteiger partial charge in [0.15, 0.2) is 16.6 Å². The van der Waals surface area contributed by atoms with Gasteiger partial charge in [0.2, 0.25) is 6.79 Å². The van der Waals surface area contributed by atoms with Gasteiger partial charge >= 0.3 is 6.03 Å². The number of hydrogen-bond donors (Lipinski definition) is 2. The number of hydrogen-bond acceptors (Lipinski definition) is 5. The third-order valence-corrected chi connectivity index (χ3v) is 4.47. The molecule has 2 heterocycles. The van der Waals surface area contributed by atoms with Crippen molar-refractivity contribution in [3.8, 4) is 22.8 Å². The average Bonchev–Trinajstić information content (AvgIpc) is 3.20. The van der Waals surface area contributed by atoms with E-state index >= 15 is 0 Å². The molecule has 1 aliphatic heterocycles. The van der Waals surface area contributed by atoms with Gasteiger partial charge in [-0.2, -0.15) is 0 Å². The summed E-state index contributed by atoms with van der Waals surface area (Å²) in [7, 11) is 0. The summed E-state index contributed by atoms with van der Waals surface area (Å²) in [6.07, 6.45) is 1.81. The number of rotatable bonds is 5. The van der Waals surface area contributed by atoms with Gasteiger partial charge in [0, 0.05) is 17.0 Å². The van der Waals surface area contributed by atoms with Gasteiger partial charge in [-0.15, -0.1) is 11.3 Å². The van der Waals surface area contributed by atoms with Crippen LogP contribution in [-0.2, 0) is 0 Å². The lowest BCUT2D eigenvalue weighted by Crippen LogP contribution is -2.37. The van der Waals surface area contributed by atoms with Crippen LogP contribution in [0.5, 0.6) is 11.5 Å². The minimum atomic E-state index is -0.217.